The molecule has 0 amide bonds. The van der Waals surface area contributed by atoms with Crippen molar-refractivity contribution in [3.05, 3.63) is 29.6 Å². The van der Waals surface area contributed by atoms with E-state index in [9.17, 15) is 4.39 Å². The molecule has 0 bridgehead atoms. The Morgan fingerprint density at radius 2 is 2.05 bits per heavy atom. The van der Waals surface area contributed by atoms with Crippen LogP contribution in [-0.2, 0) is 0 Å². The highest BCUT2D eigenvalue weighted by Gasteiger charge is 2.29. The third-order valence-corrected chi connectivity index (χ3v) is 3.95. The van der Waals surface area contributed by atoms with E-state index in [1.54, 1.807) is 12.1 Å². The molecule has 1 heterocycles. The maximum Gasteiger partial charge on any atom is 0.146 e. The number of nitrogens with one attached hydrogen (secondary N) is 1. The summed E-state index contributed by atoms with van der Waals surface area (Å²) in [6, 6.07) is 5.72. The van der Waals surface area contributed by atoms with Crippen molar-refractivity contribution in [1.29, 1.82) is 0 Å². The number of aryl methyl sites for hydroxylation is 1. The first-order valence-electron chi connectivity index (χ1n) is 7.13. The Morgan fingerprint density at radius 3 is 2.68 bits per heavy atom. The lowest BCUT2D eigenvalue weighted by Crippen LogP contribution is -2.46. The molecule has 1 N–H and O–H groups in total. The Morgan fingerprint density at radius 1 is 1.32 bits per heavy atom. The summed E-state index contributed by atoms with van der Waals surface area (Å²) in [7, 11) is 0. The van der Waals surface area contributed by atoms with Gasteiger partial charge in [-0.05, 0) is 36.9 Å². The molecule has 0 saturated carbocycles. The summed E-state index contributed by atoms with van der Waals surface area (Å²) in [5, 5.41) is 3.60. The second-order valence-corrected chi connectivity index (χ2v) is 6.58. The maximum atomic E-state index is 14.1. The van der Waals surface area contributed by atoms with Crippen LogP contribution in [0.5, 0.6) is 0 Å². The number of nitrogens with zero attached hydrogens (tertiary/aromatic N) is 1. The number of anilines is 1. The highest BCUT2D eigenvalue weighted by atomic mass is 19.1. The third-order valence-electron chi connectivity index (χ3n) is 3.95. The third kappa shape index (κ3) is 3.27. The number of hydrogen-bond donors (Lipinski definition) is 1. The number of para-hydroxylation sites is 1. The van der Waals surface area contributed by atoms with E-state index in [1.807, 2.05) is 13.0 Å². The first-order valence-corrected chi connectivity index (χ1v) is 7.13. The average molecular weight is 264 g/mol. The quantitative estimate of drug-likeness (QED) is 0.837. The normalized spacial score (nSPS) is 21.3. The van der Waals surface area contributed by atoms with Crippen molar-refractivity contribution in [2.75, 3.05) is 24.5 Å². The second kappa shape index (κ2) is 5.49. The van der Waals surface area contributed by atoms with Crippen LogP contribution in [0.25, 0.3) is 0 Å². The Hall–Kier alpha value is -1.09. The SMILES string of the molecule is Cc1cccc(F)c1N1CCCNC(C(C)(C)C)C1. The first kappa shape index (κ1) is 14.3. The van der Waals surface area contributed by atoms with E-state index in [0.717, 1.165) is 37.3 Å². The molecule has 0 aromatic heterocycles. The minimum atomic E-state index is -0.102. The molecular weight excluding hydrogens is 239 g/mol. The average Bonchev–Trinajstić information content (AvgIpc) is 2.54. The molecule has 0 aliphatic carbocycles. The van der Waals surface area contributed by atoms with Crippen LogP contribution in [0.15, 0.2) is 18.2 Å². The molecule has 1 fully saturated rings. The van der Waals surface area contributed by atoms with Crippen molar-refractivity contribution in [1.82, 2.24) is 5.32 Å². The summed E-state index contributed by atoms with van der Waals surface area (Å²) in [6.45, 7) is 11.5. The first-order chi connectivity index (χ1) is 8.89. The van der Waals surface area contributed by atoms with Crippen molar-refractivity contribution < 1.29 is 4.39 Å². The summed E-state index contributed by atoms with van der Waals surface area (Å²) in [6.07, 6.45) is 1.06. The summed E-state index contributed by atoms with van der Waals surface area (Å²) < 4.78 is 14.1. The number of halogens is 1. The summed E-state index contributed by atoms with van der Waals surface area (Å²) in [5.74, 6) is -0.102. The van der Waals surface area contributed by atoms with Gasteiger partial charge in [0.2, 0.25) is 0 Å². The highest BCUT2D eigenvalue weighted by Crippen LogP contribution is 2.28. The molecule has 1 unspecified atom stereocenters. The minimum Gasteiger partial charge on any atom is -0.367 e. The van der Waals surface area contributed by atoms with Crippen molar-refractivity contribution >= 4 is 5.69 Å². The molecule has 19 heavy (non-hydrogen) atoms. The zero-order chi connectivity index (χ0) is 14.0. The molecule has 1 aromatic rings. The highest BCUT2D eigenvalue weighted by molar-refractivity contribution is 5.54. The van der Waals surface area contributed by atoms with Gasteiger partial charge < -0.3 is 10.2 Å². The topological polar surface area (TPSA) is 15.3 Å². The lowest BCUT2D eigenvalue weighted by atomic mass is 9.86. The fourth-order valence-corrected chi connectivity index (χ4v) is 2.73. The molecule has 3 heteroatoms. The van der Waals surface area contributed by atoms with E-state index >= 15 is 0 Å². The Balaban J connectivity index is 2.28. The predicted octanol–water partition coefficient (Wildman–Crippen LogP) is 3.35. The molecule has 2 nitrogen and oxygen atoms in total. The summed E-state index contributed by atoms with van der Waals surface area (Å²) in [4.78, 5) is 2.21. The zero-order valence-corrected chi connectivity index (χ0v) is 12.5. The lowest BCUT2D eigenvalue weighted by Gasteiger charge is -2.35. The van der Waals surface area contributed by atoms with Gasteiger partial charge in [0.25, 0.3) is 0 Å². The van der Waals surface area contributed by atoms with Gasteiger partial charge in [-0.25, -0.2) is 4.39 Å². The van der Waals surface area contributed by atoms with E-state index in [1.165, 1.54) is 0 Å². The Kier molecular flexibility index (Phi) is 4.14. The van der Waals surface area contributed by atoms with E-state index in [4.69, 9.17) is 0 Å². The summed E-state index contributed by atoms with van der Waals surface area (Å²) >= 11 is 0. The van der Waals surface area contributed by atoms with Gasteiger partial charge in [-0.3, -0.25) is 0 Å². The van der Waals surface area contributed by atoms with E-state index in [2.05, 4.69) is 31.0 Å². The molecule has 0 radical (unpaired) electrons. The van der Waals surface area contributed by atoms with Gasteiger partial charge in [0.1, 0.15) is 5.82 Å². The van der Waals surface area contributed by atoms with Crippen LogP contribution in [0.4, 0.5) is 10.1 Å². The van der Waals surface area contributed by atoms with Crippen molar-refractivity contribution in [3.63, 3.8) is 0 Å². The smallest absolute Gasteiger partial charge is 0.146 e. The molecule has 106 valence electrons. The molecule has 1 saturated heterocycles. The minimum absolute atomic E-state index is 0.102. The Labute approximate surface area is 116 Å². The van der Waals surface area contributed by atoms with Crippen LogP contribution in [0.2, 0.25) is 0 Å². The van der Waals surface area contributed by atoms with E-state index < -0.39 is 0 Å². The number of hydrogen-bond acceptors (Lipinski definition) is 2. The maximum absolute atomic E-state index is 14.1. The van der Waals surface area contributed by atoms with E-state index in [0.29, 0.717) is 6.04 Å². The number of rotatable bonds is 1. The van der Waals surface area contributed by atoms with Gasteiger partial charge >= 0.3 is 0 Å². The van der Waals surface area contributed by atoms with Crippen LogP contribution >= 0.6 is 0 Å². The van der Waals surface area contributed by atoms with Gasteiger partial charge in [-0.2, -0.15) is 0 Å². The van der Waals surface area contributed by atoms with Crippen molar-refractivity contribution in [3.8, 4) is 0 Å². The predicted molar refractivity (Wildman–Crippen MR) is 79.2 cm³/mol. The molecule has 1 atom stereocenters. The van der Waals surface area contributed by atoms with Gasteiger partial charge in [-0.1, -0.05) is 32.9 Å². The largest absolute Gasteiger partial charge is 0.367 e. The molecular formula is C16H25FN2. The molecule has 1 aliphatic heterocycles. The van der Waals surface area contributed by atoms with Gasteiger partial charge in [0.05, 0.1) is 5.69 Å². The lowest BCUT2D eigenvalue weighted by molar-refractivity contribution is 0.280. The van der Waals surface area contributed by atoms with Gasteiger partial charge in [0, 0.05) is 19.1 Å². The van der Waals surface area contributed by atoms with Crippen LogP contribution < -0.4 is 10.2 Å². The number of benzene rings is 1. The molecule has 2 rings (SSSR count). The fraction of sp³-hybridized carbons (Fsp3) is 0.625. The fourth-order valence-electron chi connectivity index (χ4n) is 2.73. The molecule has 1 aliphatic rings. The second-order valence-electron chi connectivity index (χ2n) is 6.58. The van der Waals surface area contributed by atoms with Crippen LogP contribution in [0.1, 0.15) is 32.8 Å². The van der Waals surface area contributed by atoms with E-state index in [-0.39, 0.29) is 11.2 Å². The monoisotopic (exact) mass is 264 g/mol. The van der Waals surface area contributed by atoms with Crippen LogP contribution in [0.3, 0.4) is 0 Å². The molecule has 0 spiro atoms. The Bertz CT molecular complexity index is 417. The van der Waals surface area contributed by atoms with Gasteiger partial charge in [-0.15, -0.1) is 0 Å². The molecule has 1 aromatic carbocycles. The van der Waals surface area contributed by atoms with Gasteiger partial charge in [0.15, 0.2) is 0 Å². The van der Waals surface area contributed by atoms with Crippen molar-refractivity contribution in [2.45, 2.75) is 40.2 Å². The van der Waals surface area contributed by atoms with Crippen LogP contribution in [-0.4, -0.2) is 25.7 Å². The standard InChI is InChI=1S/C16H25FN2/c1-12-7-5-8-13(17)15(12)19-10-6-9-18-14(11-19)16(2,3)4/h5,7-8,14,18H,6,9-11H2,1-4H3. The van der Waals surface area contributed by atoms with Crippen LogP contribution in [0, 0.1) is 18.2 Å². The summed E-state index contributed by atoms with van der Waals surface area (Å²) in [5.41, 5.74) is 1.98. The zero-order valence-electron chi connectivity index (χ0n) is 12.5. The van der Waals surface area contributed by atoms with Crippen molar-refractivity contribution in [2.24, 2.45) is 5.41 Å².